The lowest BCUT2D eigenvalue weighted by Crippen LogP contribution is -2.12. The van der Waals surface area contributed by atoms with Crippen LogP contribution in [0.15, 0.2) is 24.5 Å². The summed E-state index contributed by atoms with van der Waals surface area (Å²) in [5.41, 5.74) is 0.862. The molecule has 1 N–H and O–H groups in total. The zero-order chi connectivity index (χ0) is 12.8. The van der Waals surface area contributed by atoms with E-state index in [2.05, 4.69) is 20.5 Å². The molecule has 0 radical (unpaired) electrons. The second-order valence-corrected chi connectivity index (χ2v) is 4.91. The summed E-state index contributed by atoms with van der Waals surface area (Å²) >= 11 is 2.69. The molecule has 2 aromatic heterocycles. The molecule has 0 fully saturated rings. The number of anilines is 1. The molecule has 0 aliphatic heterocycles. The number of nitrogens with one attached hydrogen (secondary N) is 1. The van der Waals surface area contributed by atoms with E-state index in [1.807, 2.05) is 18.4 Å². The number of thioether (sulfide) groups is 1. The minimum Gasteiger partial charge on any atom is -0.438 e. The Labute approximate surface area is 112 Å². The van der Waals surface area contributed by atoms with E-state index >= 15 is 0 Å². The number of carbonyl (C=O) groups excluding carboxylic acids is 1. The number of aromatic nitrogens is 3. The Hall–Kier alpha value is -1.67. The van der Waals surface area contributed by atoms with Crippen molar-refractivity contribution in [3.63, 3.8) is 0 Å². The van der Waals surface area contributed by atoms with Gasteiger partial charge in [0.05, 0.1) is 0 Å². The maximum Gasteiger partial charge on any atom is 0.414 e. The number of hydrogen-bond donors (Lipinski definition) is 1. The van der Waals surface area contributed by atoms with Crippen LogP contribution in [0.3, 0.4) is 0 Å². The van der Waals surface area contributed by atoms with Gasteiger partial charge in [0.2, 0.25) is 5.13 Å². The van der Waals surface area contributed by atoms with Crippen molar-refractivity contribution in [2.75, 3.05) is 17.5 Å². The van der Waals surface area contributed by atoms with Gasteiger partial charge in [0.25, 0.3) is 0 Å². The lowest BCUT2D eigenvalue weighted by atomic mass is 10.3. The van der Waals surface area contributed by atoms with Gasteiger partial charge >= 0.3 is 6.09 Å². The van der Waals surface area contributed by atoms with Crippen LogP contribution >= 0.6 is 23.1 Å². The number of nitrogens with zero attached hydrogens (tertiary/aromatic N) is 3. The molecule has 8 heteroatoms. The third-order valence-corrected chi connectivity index (χ3v) is 3.09. The Kier molecular flexibility index (Phi) is 4.48. The fourth-order valence-electron chi connectivity index (χ4n) is 1.12. The molecule has 0 spiro atoms. The third kappa shape index (κ3) is 3.41. The van der Waals surface area contributed by atoms with Crippen molar-refractivity contribution in [3.05, 3.63) is 24.5 Å². The Morgan fingerprint density at radius 2 is 2.44 bits per heavy atom. The van der Waals surface area contributed by atoms with Crippen molar-refractivity contribution >= 4 is 34.3 Å². The molecule has 0 saturated carbocycles. The van der Waals surface area contributed by atoms with Crippen LogP contribution < -0.4 is 5.32 Å². The van der Waals surface area contributed by atoms with Crippen LogP contribution in [0.5, 0.6) is 0 Å². The van der Waals surface area contributed by atoms with Gasteiger partial charge in [-0.1, -0.05) is 11.3 Å². The van der Waals surface area contributed by atoms with Gasteiger partial charge in [-0.05, 0) is 18.4 Å². The van der Waals surface area contributed by atoms with Crippen LogP contribution in [-0.4, -0.2) is 33.5 Å². The Balaban J connectivity index is 2.00. The highest BCUT2D eigenvalue weighted by atomic mass is 32.2. The average Bonchev–Trinajstić information content (AvgIpc) is 2.86. The highest BCUT2D eigenvalue weighted by molar-refractivity contribution is 7.98. The summed E-state index contributed by atoms with van der Waals surface area (Å²) in [5, 5.41) is 11.5. The molecule has 2 aromatic rings. The summed E-state index contributed by atoms with van der Waals surface area (Å²) in [6.45, 7) is 0. The predicted molar refractivity (Wildman–Crippen MR) is 71.6 cm³/mol. The van der Waals surface area contributed by atoms with E-state index in [0.717, 1.165) is 5.56 Å². The first kappa shape index (κ1) is 12.8. The number of pyridine rings is 1. The maximum atomic E-state index is 11.3. The summed E-state index contributed by atoms with van der Waals surface area (Å²) in [6.07, 6.45) is 4.69. The van der Waals surface area contributed by atoms with Crippen molar-refractivity contribution in [2.45, 2.75) is 0 Å². The molecule has 0 aliphatic rings. The van der Waals surface area contributed by atoms with Crippen LogP contribution in [0.4, 0.5) is 9.93 Å². The quantitative estimate of drug-likeness (QED) is 0.868. The molecule has 18 heavy (non-hydrogen) atoms. The SMILES string of the molecule is CSCOC(=O)Nc1nnc(-c2cccnc2)s1. The first-order chi connectivity index (χ1) is 8.79. The van der Waals surface area contributed by atoms with E-state index in [9.17, 15) is 4.79 Å². The van der Waals surface area contributed by atoms with E-state index < -0.39 is 6.09 Å². The normalized spacial score (nSPS) is 10.1. The van der Waals surface area contributed by atoms with Gasteiger partial charge in [-0.3, -0.25) is 10.3 Å². The molecule has 94 valence electrons. The molecule has 0 bridgehead atoms. The number of hydrogen-bond acceptors (Lipinski definition) is 7. The maximum absolute atomic E-state index is 11.3. The zero-order valence-corrected chi connectivity index (χ0v) is 11.1. The summed E-state index contributed by atoms with van der Waals surface area (Å²) in [4.78, 5) is 15.3. The number of rotatable bonds is 4. The molecule has 0 atom stereocenters. The van der Waals surface area contributed by atoms with Crippen molar-refractivity contribution < 1.29 is 9.53 Å². The molecular weight excluding hydrogens is 272 g/mol. The van der Waals surface area contributed by atoms with E-state index in [-0.39, 0.29) is 0 Å². The summed E-state index contributed by atoms with van der Waals surface area (Å²) < 4.78 is 4.85. The fourth-order valence-corrected chi connectivity index (χ4v) is 2.06. The molecular formula is C10H10N4O2S2. The first-order valence-electron chi connectivity index (χ1n) is 4.96. The van der Waals surface area contributed by atoms with E-state index in [4.69, 9.17) is 4.74 Å². The van der Waals surface area contributed by atoms with Gasteiger partial charge in [-0.25, -0.2) is 4.79 Å². The molecule has 0 aliphatic carbocycles. The van der Waals surface area contributed by atoms with Crippen molar-refractivity contribution in [2.24, 2.45) is 0 Å². The predicted octanol–water partition coefficient (Wildman–Crippen LogP) is 2.47. The van der Waals surface area contributed by atoms with Crippen LogP contribution in [0.25, 0.3) is 10.6 Å². The molecule has 2 rings (SSSR count). The smallest absolute Gasteiger partial charge is 0.414 e. The minimum atomic E-state index is -0.529. The standard InChI is InChI=1S/C10H10N4O2S2/c1-17-6-16-10(15)12-9-14-13-8(18-9)7-3-2-4-11-5-7/h2-5H,6H2,1H3,(H,12,14,15). The van der Waals surface area contributed by atoms with Crippen LogP contribution in [-0.2, 0) is 4.74 Å². The van der Waals surface area contributed by atoms with Gasteiger partial charge in [-0.2, -0.15) is 0 Å². The topological polar surface area (TPSA) is 77.0 Å². The number of carbonyl (C=O) groups is 1. The van der Waals surface area contributed by atoms with Crippen molar-refractivity contribution in [3.8, 4) is 10.6 Å². The van der Waals surface area contributed by atoms with Crippen LogP contribution in [0.2, 0.25) is 0 Å². The Morgan fingerprint density at radius 1 is 1.56 bits per heavy atom. The Bertz CT molecular complexity index is 518. The molecule has 2 heterocycles. The third-order valence-electron chi connectivity index (χ3n) is 1.85. The second kappa shape index (κ2) is 6.31. The highest BCUT2D eigenvalue weighted by Crippen LogP contribution is 2.25. The molecule has 0 unspecified atom stereocenters. The van der Waals surface area contributed by atoms with Gasteiger partial charge in [0, 0.05) is 18.0 Å². The number of ether oxygens (including phenoxy) is 1. The lowest BCUT2D eigenvalue weighted by molar-refractivity contribution is 0.182. The molecule has 6 nitrogen and oxygen atoms in total. The first-order valence-corrected chi connectivity index (χ1v) is 7.17. The van der Waals surface area contributed by atoms with Crippen LogP contribution in [0, 0.1) is 0 Å². The molecule has 1 amide bonds. The molecule has 0 aromatic carbocycles. The Morgan fingerprint density at radius 3 is 3.17 bits per heavy atom. The van der Waals surface area contributed by atoms with Gasteiger partial charge in [-0.15, -0.1) is 22.0 Å². The van der Waals surface area contributed by atoms with Gasteiger partial charge < -0.3 is 4.74 Å². The van der Waals surface area contributed by atoms with Crippen molar-refractivity contribution in [1.29, 1.82) is 0 Å². The molecule has 0 saturated heterocycles. The lowest BCUT2D eigenvalue weighted by Gasteiger charge is -2.00. The monoisotopic (exact) mass is 282 g/mol. The van der Waals surface area contributed by atoms with E-state index in [0.29, 0.717) is 16.1 Å². The highest BCUT2D eigenvalue weighted by Gasteiger charge is 2.09. The zero-order valence-electron chi connectivity index (χ0n) is 9.49. The van der Waals surface area contributed by atoms with E-state index in [1.54, 1.807) is 12.4 Å². The number of amides is 1. The second-order valence-electron chi connectivity index (χ2n) is 3.12. The van der Waals surface area contributed by atoms with Gasteiger partial charge in [0.1, 0.15) is 5.94 Å². The summed E-state index contributed by atoms with van der Waals surface area (Å²) in [6, 6.07) is 3.69. The van der Waals surface area contributed by atoms with Gasteiger partial charge in [0.15, 0.2) is 5.01 Å². The minimum absolute atomic E-state index is 0.306. The largest absolute Gasteiger partial charge is 0.438 e. The van der Waals surface area contributed by atoms with Crippen LogP contribution in [0.1, 0.15) is 0 Å². The van der Waals surface area contributed by atoms with E-state index in [1.165, 1.54) is 23.1 Å². The summed E-state index contributed by atoms with van der Waals surface area (Å²) in [7, 11) is 0. The van der Waals surface area contributed by atoms with Crippen molar-refractivity contribution in [1.82, 2.24) is 15.2 Å². The fraction of sp³-hybridized carbons (Fsp3) is 0.200. The summed E-state index contributed by atoms with van der Waals surface area (Å²) in [5.74, 6) is 0.306. The average molecular weight is 282 g/mol.